The summed E-state index contributed by atoms with van der Waals surface area (Å²) in [7, 11) is 0. The first-order valence-corrected chi connectivity index (χ1v) is 6.37. The lowest BCUT2D eigenvalue weighted by Crippen LogP contribution is -2.22. The molecule has 4 heteroatoms. The SMILES string of the molecule is NC(=NCCc1cccs1)Nc1ccccc1. The predicted molar refractivity (Wildman–Crippen MR) is 74.6 cm³/mol. The minimum absolute atomic E-state index is 0.466. The third kappa shape index (κ3) is 3.92. The van der Waals surface area contributed by atoms with Gasteiger partial charge in [0.25, 0.3) is 0 Å². The molecule has 2 aromatic rings. The molecule has 0 amide bonds. The average Bonchev–Trinajstić information content (AvgIpc) is 2.83. The van der Waals surface area contributed by atoms with Gasteiger partial charge in [-0.05, 0) is 23.6 Å². The minimum atomic E-state index is 0.466. The van der Waals surface area contributed by atoms with Crippen LogP contribution in [-0.2, 0) is 6.42 Å². The maximum Gasteiger partial charge on any atom is 0.193 e. The van der Waals surface area contributed by atoms with Crippen molar-refractivity contribution in [1.29, 1.82) is 0 Å². The standard InChI is InChI=1S/C13H15N3S/c14-13(16-11-5-2-1-3-6-11)15-9-8-12-7-4-10-17-12/h1-7,10H,8-9H2,(H3,14,15,16). The van der Waals surface area contributed by atoms with Crippen molar-refractivity contribution in [2.75, 3.05) is 11.9 Å². The van der Waals surface area contributed by atoms with Crippen LogP contribution >= 0.6 is 11.3 Å². The van der Waals surface area contributed by atoms with Crippen LogP contribution in [0.4, 0.5) is 5.69 Å². The highest BCUT2D eigenvalue weighted by Gasteiger charge is 1.95. The maximum atomic E-state index is 5.79. The van der Waals surface area contributed by atoms with Crippen LogP contribution in [0.1, 0.15) is 4.88 Å². The fraction of sp³-hybridized carbons (Fsp3) is 0.154. The van der Waals surface area contributed by atoms with Gasteiger partial charge in [0.1, 0.15) is 0 Å². The molecule has 0 unspecified atom stereocenters. The maximum absolute atomic E-state index is 5.79. The summed E-state index contributed by atoms with van der Waals surface area (Å²) in [4.78, 5) is 5.62. The molecule has 1 aromatic carbocycles. The third-order valence-electron chi connectivity index (χ3n) is 2.27. The number of nitrogens with zero attached hydrogens (tertiary/aromatic N) is 1. The van der Waals surface area contributed by atoms with E-state index in [0.717, 1.165) is 12.1 Å². The van der Waals surface area contributed by atoms with Gasteiger partial charge in [0, 0.05) is 23.5 Å². The minimum Gasteiger partial charge on any atom is -0.370 e. The molecule has 0 saturated heterocycles. The van der Waals surface area contributed by atoms with E-state index < -0.39 is 0 Å². The first-order chi connectivity index (χ1) is 8.34. The summed E-state index contributed by atoms with van der Waals surface area (Å²) in [6.07, 6.45) is 0.939. The third-order valence-corrected chi connectivity index (χ3v) is 3.20. The number of anilines is 1. The van der Waals surface area contributed by atoms with Gasteiger partial charge in [-0.15, -0.1) is 11.3 Å². The number of hydrogen-bond acceptors (Lipinski definition) is 2. The van der Waals surface area contributed by atoms with E-state index in [0.29, 0.717) is 12.5 Å². The molecule has 1 heterocycles. The Balaban J connectivity index is 1.81. The van der Waals surface area contributed by atoms with Crippen LogP contribution in [0, 0.1) is 0 Å². The Kier molecular flexibility index (Phi) is 4.16. The molecule has 0 atom stereocenters. The highest BCUT2D eigenvalue weighted by molar-refractivity contribution is 7.09. The quantitative estimate of drug-likeness (QED) is 0.643. The second-order valence-electron chi connectivity index (χ2n) is 3.59. The molecule has 1 aromatic heterocycles. The normalized spacial score (nSPS) is 11.4. The summed E-state index contributed by atoms with van der Waals surface area (Å²) in [5, 5.41) is 5.13. The number of guanidine groups is 1. The summed E-state index contributed by atoms with van der Waals surface area (Å²) in [5.41, 5.74) is 6.75. The second-order valence-corrected chi connectivity index (χ2v) is 4.62. The van der Waals surface area contributed by atoms with Crippen LogP contribution < -0.4 is 11.1 Å². The van der Waals surface area contributed by atoms with Crippen molar-refractivity contribution in [3.8, 4) is 0 Å². The van der Waals surface area contributed by atoms with Gasteiger partial charge < -0.3 is 11.1 Å². The van der Waals surface area contributed by atoms with E-state index in [2.05, 4.69) is 27.8 Å². The van der Waals surface area contributed by atoms with Crippen molar-refractivity contribution in [1.82, 2.24) is 0 Å². The first kappa shape index (κ1) is 11.7. The lowest BCUT2D eigenvalue weighted by atomic mass is 10.3. The number of para-hydroxylation sites is 1. The van der Waals surface area contributed by atoms with Crippen LogP contribution in [-0.4, -0.2) is 12.5 Å². The molecule has 0 bridgehead atoms. The lowest BCUT2D eigenvalue weighted by Gasteiger charge is -2.04. The van der Waals surface area contributed by atoms with Gasteiger partial charge in [-0.3, -0.25) is 4.99 Å². The molecular formula is C13H15N3S. The highest BCUT2D eigenvalue weighted by atomic mass is 32.1. The molecule has 0 aliphatic rings. The van der Waals surface area contributed by atoms with E-state index in [1.54, 1.807) is 11.3 Å². The Morgan fingerprint density at radius 2 is 2.00 bits per heavy atom. The predicted octanol–water partition coefficient (Wildman–Crippen LogP) is 2.72. The molecule has 0 fully saturated rings. The van der Waals surface area contributed by atoms with E-state index in [1.165, 1.54) is 4.88 Å². The molecular weight excluding hydrogens is 230 g/mol. The van der Waals surface area contributed by atoms with Crippen LogP contribution in [0.5, 0.6) is 0 Å². The van der Waals surface area contributed by atoms with E-state index in [-0.39, 0.29) is 0 Å². The van der Waals surface area contributed by atoms with E-state index in [9.17, 15) is 0 Å². The highest BCUT2D eigenvalue weighted by Crippen LogP contribution is 2.09. The van der Waals surface area contributed by atoms with E-state index in [1.807, 2.05) is 30.3 Å². The molecule has 0 spiro atoms. The first-order valence-electron chi connectivity index (χ1n) is 5.49. The van der Waals surface area contributed by atoms with Crippen LogP contribution in [0.25, 0.3) is 0 Å². The fourth-order valence-corrected chi connectivity index (χ4v) is 2.15. The van der Waals surface area contributed by atoms with Crippen molar-refractivity contribution in [3.05, 3.63) is 52.7 Å². The number of nitrogens with one attached hydrogen (secondary N) is 1. The number of benzene rings is 1. The number of thiophene rings is 1. The number of hydrogen-bond donors (Lipinski definition) is 2. The Morgan fingerprint density at radius 1 is 1.18 bits per heavy atom. The van der Waals surface area contributed by atoms with Gasteiger partial charge in [-0.2, -0.15) is 0 Å². The summed E-state index contributed by atoms with van der Waals surface area (Å²) in [6.45, 7) is 0.714. The Bertz CT molecular complexity index is 463. The number of aliphatic imine (C=N–C) groups is 1. The van der Waals surface area contributed by atoms with Crippen molar-refractivity contribution < 1.29 is 0 Å². The second kappa shape index (κ2) is 6.06. The Hall–Kier alpha value is -1.81. The van der Waals surface area contributed by atoms with Crippen LogP contribution in [0.2, 0.25) is 0 Å². The summed E-state index contributed by atoms with van der Waals surface area (Å²) in [6, 6.07) is 14.0. The largest absolute Gasteiger partial charge is 0.370 e. The summed E-state index contributed by atoms with van der Waals surface area (Å²) < 4.78 is 0. The zero-order valence-corrected chi connectivity index (χ0v) is 10.3. The molecule has 88 valence electrons. The van der Waals surface area contributed by atoms with Gasteiger partial charge in [-0.1, -0.05) is 24.3 Å². The molecule has 3 N–H and O–H groups in total. The molecule has 17 heavy (non-hydrogen) atoms. The molecule has 0 saturated carbocycles. The topological polar surface area (TPSA) is 50.4 Å². The molecule has 0 aliphatic carbocycles. The van der Waals surface area contributed by atoms with Crippen molar-refractivity contribution in [2.24, 2.45) is 10.7 Å². The lowest BCUT2D eigenvalue weighted by molar-refractivity contribution is 0.983. The molecule has 3 nitrogen and oxygen atoms in total. The molecule has 0 aliphatic heterocycles. The Morgan fingerprint density at radius 3 is 2.71 bits per heavy atom. The van der Waals surface area contributed by atoms with Crippen LogP contribution in [0.15, 0.2) is 52.8 Å². The summed E-state index contributed by atoms with van der Waals surface area (Å²) >= 11 is 1.75. The summed E-state index contributed by atoms with van der Waals surface area (Å²) in [5.74, 6) is 0.466. The average molecular weight is 245 g/mol. The van der Waals surface area contributed by atoms with Gasteiger partial charge in [0.2, 0.25) is 0 Å². The molecule has 0 radical (unpaired) electrons. The van der Waals surface area contributed by atoms with Gasteiger partial charge >= 0.3 is 0 Å². The van der Waals surface area contributed by atoms with Crippen molar-refractivity contribution >= 4 is 23.0 Å². The van der Waals surface area contributed by atoms with E-state index >= 15 is 0 Å². The fourth-order valence-electron chi connectivity index (χ4n) is 1.45. The zero-order chi connectivity index (χ0) is 11.9. The van der Waals surface area contributed by atoms with Gasteiger partial charge in [-0.25, -0.2) is 0 Å². The van der Waals surface area contributed by atoms with Gasteiger partial charge in [0.05, 0.1) is 0 Å². The van der Waals surface area contributed by atoms with Crippen molar-refractivity contribution in [2.45, 2.75) is 6.42 Å². The smallest absolute Gasteiger partial charge is 0.193 e. The Labute approximate surface area is 105 Å². The number of nitrogens with two attached hydrogens (primary N) is 1. The molecule has 2 rings (SSSR count). The number of rotatable bonds is 4. The van der Waals surface area contributed by atoms with Gasteiger partial charge in [0.15, 0.2) is 5.96 Å². The zero-order valence-electron chi connectivity index (χ0n) is 9.47. The van der Waals surface area contributed by atoms with Crippen LogP contribution in [0.3, 0.4) is 0 Å². The van der Waals surface area contributed by atoms with Crippen molar-refractivity contribution in [3.63, 3.8) is 0 Å². The van der Waals surface area contributed by atoms with E-state index in [4.69, 9.17) is 5.73 Å². The monoisotopic (exact) mass is 245 g/mol.